The number of hydrogen-bond acceptors (Lipinski definition) is 3. The van der Waals surface area contributed by atoms with Gasteiger partial charge in [-0.05, 0) is 55.7 Å². The molecule has 0 heterocycles. The van der Waals surface area contributed by atoms with Crippen LogP contribution in [0.15, 0.2) is 48.5 Å². The van der Waals surface area contributed by atoms with Gasteiger partial charge in [-0.25, -0.2) is 0 Å². The molecule has 2 atom stereocenters. The summed E-state index contributed by atoms with van der Waals surface area (Å²) in [6.07, 6.45) is 0.925. The van der Waals surface area contributed by atoms with E-state index < -0.39 is 0 Å². The first-order chi connectivity index (χ1) is 10.1. The number of methoxy groups -OCH3 is 1. The molecule has 0 aromatic heterocycles. The van der Waals surface area contributed by atoms with Gasteiger partial charge in [0.2, 0.25) is 0 Å². The topological polar surface area (TPSA) is 41.5 Å². The Labute approximate surface area is 126 Å². The van der Waals surface area contributed by atoms with Gasteiger partial charge in [0.1, 0.15) is 11.5 Å². The van der Waals surface area contributed by atoms with Crippen molar-refractivity contribution in [2.45, 2.75) is 32.4 Å². The minimum absolute atomic E-state index is 0.257. The Morgan fingerprint density at radius 3 is 2.48 bits per heavy atom. The van der Waals surface area contributed by atoms with E-state index in [9.17, 15) is 5.11 Å². The fraction of sp³-hybridized carbons (Fsp3) is 0.333. The molecule has 0 aliphatic rings. The molecule has 0 saturated heterocycles. The van der Waals surface area contributed by atoms with Gasteiger partial charge in [-0.15, -0.1) is 0 Å². The zero-order valence-corrected chi connectivity index (χ0v) is 12.8. The van der Waals surface area contributed by atoms with E-state index in [1.165, 1.54) is 11.1 Å². The number of nitrogens with one attached hydrogen (secondary N) is 1. The Bertz CT molecular complexity index is 566. The number of aromatic hydroxyl groups is 1. The lowest BCUT2D eigenvalue weighted by Crippen LogP contribution is -2.30. The highest BCUT2D eigenvalue weighted by atomic mass is 16.5. The van der Waals surface area contributed by atoms with Crippen molar-refractivity contribution in [1.82, 2.24) is 5.32 Å². The largest absolute Gasteiger partial charge is 0.508 e. The Balaban J connectivity index is 1.94. The lowest BCUT2D eigenvalue weighted by molar-refractivity contribution is 0.412. The van der Waals surface area contributed by atoms with Gasteiger partial charge in [0.25, 0.3) is 0 Å². The zero-order valence-electron chi connectivity index (χ0n) is 12.8. The molecule has 0 spiro atoms. The van der Waals surface area contributed by atoms with Crippen molar-refractivity contribution >= 4 is 0 Å². The number of phenolic OH excluding ortho intramolecular Hbond substituents is 1. The number of rotatable bonds is 6. The average Bonchev–Trinajstić information content (AvgIpc) is 2.49. The highest BCUT2D eigenvalue weighted by Crippen LogP contribution is 2.20. The van der Waals surface area contributed by atoms with Gasteiger partial charge in [0.05, 0.1) is 7.11 Å². The predicted molar refractivity (Wildman–Crippen MR) is 85.8 cm³/mol. The highest BCUT2D eigenvalue weighted by molar-refractivity contribution is 5.30. The summed E-state index contributed by atoms with van der Waals surface area (Å²) < 4.78 is 5.27. The lowest BCUT2D eigenvalue weighted by Gasteiger charge is -2.21. The van der Waals surface area contributed by atoms with Gasteiger partial charge >= 0.3 is 0 Å². The SMILES string of the molecule is COc1cccc(C(C)NC(C)Cc2ccc(O)cc2)c1. The molecule has 3 nitrogen and oxygen atoms in total. The molecule has 2 N–H and O–H groups in total. The summed E-state index contributed by atoms with van der Waals surface area (Å²) in [5.74, 6) is 1.19. The van der Waals surface area contributed by atoms with Crippen molar-refractivity contribution in [2.24, 2.45) is 0 Å². The van der Waals surface area contributed by atoms with E-state index in [4.69, 9.17) is 4.74 Å². The molecular weight excluding hydrogens is 262 g/mol. The molecule has 112 valence electrons. The second-order valence-electron chi connectivity index (χ2n) is 5.44. The van der Waals surface area contributed by atoms with Crippen LogP contribution in [0, 0.1) is 0 Å². The molecule has 0 aliphatic heterocycles. The fourth-order valence-corrected chi connectivity index (χ4v) is 2.48. The van der Waals surface area contributed by atoms with Gasteiger partial charge in [-0.2, -0.15) is 0 Å². The molecule has 2 aromatic rings. The van der Waals surface area contributed by atoms with Crippen molar-refractivity contribution < 1.29 is 9.84 Å². The van der Waals surface area contributed by atoms with E-state index in [1.807, 2.05) is 24.3 Å². The predicted octanol–water partition coefficient (Wildman–Crippen LogP) is 3.68. The van der Waals surface area contributed by atoms with Gasteiger partial charge in [0, 0.05) is 12.1 Å². The minimum atomic E-state index is 0.257. The maximum Gasteiger partial charge on any atom is 0.119 e. The Kier molecular flexibility index (Phi) is 5.23. The van der Waals surface area contributed by atoms with Crippen LogP contribution in [0.4, 0.5) is 0 Å². The molecule has 0 bridgehead atoms. The van der Waals surface area contributed by atoms with E-state index in [0.717, 1.165) is 12.2 Å². The van der Waals surface area contributed by atoms with Crippen molar-refractivity contribution in [3.05, 3.63) is 59.7 Å². The maximum absolute atomic E-state index is 9.31. The molecule has 2 rings (SSSR count). The lowest BCUT2D eigenvalue weighted by atomic mass is 10.0. The third-order valence-electron chi connectivity index (χ3n) is 3.61. The normalized spacial score (nSPS) is 13.7. The average molecular weight is 285 g/mol. The van der Waals surface area contributed by atoms with Crippen molar-refractivity contribution in [3.63, 3.8) is 0 Å². The van der Waals surface area contributed by atoms with Crippen LogP contribution >= 0.6 is 0 Å². The quantitative estimate of drug-likeness (QED) is 0.850. The summed E-state index contributed by atoms with van der Waals surface area (Å²) in [4.78, 5) is 0. The maximum atomic E-state index is 9.31. The smallest absolute Gasteiger partial charge is 0.119 e. The van der Waals surface area contributed by atoms with Crippen LogP contribution in [-0.2, 0) is 6.42 Å². The zero-order chi connectivity index (χ0) is 15.2. The first kappa shape index (κ1) is 15.4. The van der Waals surface area contributed by atoms with Crippen LogP contribution in [-0.4, -0.2) is 18.3 Å². The van der Waals surface area contributed by atoms with Crippen LogP contribution in [0.5, 0.6) is 11.5 Å². The third-order valence-corrected chi connectivity index (χ3v) is 3.61. The monoisotopic (exact) mass is 285 g/mol. The number of phenols is 1. The van der Waals surface area contributed by atoms with Gasteiger partial charge in [0.15, 0.2) is 0 Å². The molecule has 3 heteroatoms. The van der Waals surface area contributed by atoms with E-state index in [2.05, 4.69) is 31.3 Å². The van der Waals surface area contributed by atoms with E-state index in [-0.39, 0.29) is 6.04 Å². The summed E-state index contributed by atoms with van der Waals surface area (Å²) in [5.41, 5.74) is 2.43. The standard InChI is InChI=1S/C18H23NO2/c1-13(11-15-7-9-17(20)10-8-15)19-14(2)16-5-4-6-18(12-16)21-3/h4-10,12-14,19-20H,11H2,1-3H3. The first-order valence-corrected chi connectivity index (χ1v) is 7.26. The summed E-state index contributed by atoms with van der Waals surface area (Å²) in [6, 6.07) is 16.1. The summed E-state index contributed by atoms with van der Waals surface area (Å²) >= 11 is 0. The van der Waals surface area contributed by atoms with E-state index >= 15 is 0 Å². The van der Waals surface area contributed by atoms with Crippen molar-refractivity contribution in [2.75, 3.05) is 7.11 Å². The second kappa shape index (κ2) is 7.14. The van der Waals surface area contributed by atoms with Crippen LogP contribution in [0.1, 0.15) is 31.0 Å². The molecule has 0 saturated carbocycles. The Morgan fingerprint density at radius 1 is 1.10 bits per heavy atom. The van der Waals surface area contributed by atoms with Crippen molar-refractivity contribution in [1.29, 1.82) is 0 Å². The number of benzene rings is 2. The summed E-state index contributed by atoms with van der Waals surface area (Å²) in [6.45, 7) is 4.33. The second-order valence-corrected chi connectivity index (χ2v) is 5.44. The molecular formula is C18H23NO2. The summed E-state index contributed by atoms with van der Waals surface area (Å²) in [5, 5.41) is 12.9. The molecule has 0 aliphatic carbocycles. The van der Waals surface area contributed by atoms with Crippen LogP contribution in [0.2, 0.25) is 0 Å². The molecule has 21 heavy (non-hydrogen) atoms. The molecule has 0 fully saturated rings. The molecule has 0 radical (unpaired) electrons. The van der Waals surface area contributed by atoms with Gasteiger partial charge in [-0.1, -0.05) is 24.3 Å². The van der Waals surface area contributed by atoms with Gasteiger partial charge < -0.3 is 15.2 Å². The van der Waals surface area contributed by atoms with Gasteiger partial charge in [-0.3, -0.25) is 0 Å². The molecule has 2 aromatic carbocycles. The minimum Gasteiger partial charge on any atom is -0.508 e. The Hall–Kier alpha value is -2.00. The fourth-order valence-electron chi connectivity index (χ4n) is 2.48. The van der Waals surface area contributed by atoms with Crippen LogP contribution < -0.4 is 10.1 Å². The van der Waals surface area contributed by atoms with Crippen LogP contribution in [0.3, 0.4) is 0 Å². The van der Waals surface area contributed by atoms with Crippen molar-refractivity contribution in [3.8, 4) is 11.5 Å². The van der Waals surface area contributed by atoms with Crippen LogP contribution in [0.25, 0.3) is 0 Å². The first-order valence-electron chi connectivity index (χ1n) is 7.26. The van der Waals surface area contributed by atoms with E-state index in [1.54, 1.807) is 19.2 Å². The molecule has 0 amide bonds. The third kappa shape index (κ3) is 4.50. The van der Waals surface area contributed by atoms with E-state index in [0.29, 0.717) is 11.8 Å². The Morgan fingerprint density at radius 2 is 1.81 bits per heavy atom. The number of hydrogen-bond donors (Lipinski definition) is 2. The molecule has 2 unspecified atom stereocenters. The summed E-state index contributed by atoms with van der Waals surface area (Å²) in [7, 11) is 1.69. The number of ether oxygens (including phenoxy) is 1. The highest BCUT2D eigenvalue weighted by Gasteiger charge is 2.10.